The van der Waals surface area contributed by atoms with Gasteiger partial charge in [0, 0.05) is 27.6 Å². The van der Waals surface area contributed by atoms with Gasteiger partial charge < -0.3 is 14.6 Å². The topological polar surface area (TPSA) is 45.3 Å². The fourth-order valence-electron chi connectivity index (χ4n) is 5.97. The molecule has 4 heteroatoms. The van der Waals surface area contributed by atoms with Crippen molar-refractivity contribution >= 4 is 16.8 Å². The minimum Gasteiger partial charge on any atom is -0.497 e. The Bertz CT molecular complexity index is 1430. The van der Waals surface area contributed by atoms with Crippen LogP contribution in [0.1, 0.15) is 55.8 Å². The summed E-state index contributed by atoms with van der Waals surface area (Å²) >= 11 is 0. The van der Waals surface area contributed by atoms with Gasteiger partial charge in [0.1, 0.15) is 5.75 Å². The third kappa shape index (κ3) is 3.56. The molecule has 4 nitrogen and oxygen atoms in total. The predicted molar refractivity (Wildman–Crippen MR) is 140 cm³/mol. The third-order valence-electron chi connectivity index (χ3n) is 7.69. The van der Waals surface area contributed by atoms with E-state index in [4.69, 9.17) is 4.74 Å². The molecule has 1 N–H and O–H groups in total. The van der Waals surface area contributed by atoms with Crippen molar-refractivity contribution in [2.45, 2.75) is 44.7 Å². The molecule has 0 fully saturated rings. The number of ether oxygens (including phenoxy) is 1. The first-order valence-electron chi connectivity index (χ1n) is 12.5. The van der Waals surface area contributed by atoms with Crippen molar-refractivity contribution in [2.24, 2.45) is 0 Å². The first-order valence-corrected chi connectivity index (χ1v) is 12.5. The maximum atomic E-state index is 14.0. The molecule has 0 radical (unpaired) electrons. The van der Waals surface area contributed by atoms with Gasteiger partial charge in [0.25, 0.3) is 5.91 Å². The molecule has 1 aliphatic heterocycles. The van der Waals surface area contributed by atoms with Gasteiger partial charge in [-0.3, -0.25) is 4.79 Å². The van der Waals surface area contributed by atoms with Crippen LogP contribution in [0.3, 0.4) is 0 Å². The van der Waals surface area contributed by atoms with Crippen LogP contribution in [0.2, 0.25) is 0 Å². The minimum atomic E-state index is -0.0923. The normalized spacial score (nSPS) is 18.7. The fourth-order valence-corrected chi connectivity index (χ4v) is 5.97. The summed E-state index contributed by atoms with van der Waals surface area (Å²) in [5.74, 6) is 1.02. The van der Waals surface area contributed by atoms with Crippen molar-refractivity contribution in [1.82, 2.24) is 9.88 Å². The van der Waals surface area contributed by atoms with Gasteiger partial charge in [-0.25, -0.2) is 0 Å². The van der Waals surface area contributed by atoms with Crippen molar-refractivity contribution < 1.29 is 9.53 Å². The summed E-state index contributed by atoms with van der Waals surface area (Å²) < 4.78 is 5.55. The Morgan fingerprint density at radius 2 is 1.71 bits per heavy atom. The summed E-state index contributed by atoms with van der Waals surface area (Å²) in [6.45, 7) is 2.17. The molecule has 2 heterocycles. The number of amides is 1. The Labute approximate surface area is 206 Å². The molecular weight excluding hydrogens is 432 g/mol. The lowest BCUT2D eigenvalue weighted by Gasteiger charge is -2.34. The van der Waals surface area contributed by atoms with Crippen molar-refractivity contribution in [1.29, 1.82) is 0 Å². The lowest BCUT2D eigenvalue weighted by atomic mass is 9.85. The largest absolute Gasteiger partial charge is 0.497 e. The van der Waals surface area contributed by atoms with E-state index in [0.717, 1.165) is 59.3 Å². The number of carbonyl (C=O) groups is 1. The molecule has 6 rings (SSSR count). The van der Waals surface area contributed by atoms with E-state index in [9.17, 15) is 4.79 Å². The molecular formula is C31H30N2O2. The first kappa shape index (κ1) is 21.7. The van der Waals surface area contributed by atoms with E-state index in [1.807, 2.05) is 18.2 Å². The van der Waals surface area contributed by atoms with Gasteiger partial charge in [0.2, 0.25) is 0 Å². The van der Waals surface area contributed by atoms with E-state index in [2.05, 4.69) is 77.5 Å². The van der Waals surface area contributed by atoms with Crippen LogP contribution in [-0.2, 0) is 4.79 Å². The number of para-hydroxylation sites is 1. The van der Waals surface area contributed by atoms with E-state index in [0.29, 0.717) is 0 Å². The number of hydrogen-bond acceptors (Lipinski definition) is 2. The van der Waals surface area contributed by atoms with Gasteiger partial charge in [-0.1, -0.05) is 60.7 Å². The Balaban J connectivity index is 1.60. The Morgan fingerprint density at radius 3 is 2.54 bits per heavy atom. The molecule has 35 heavy (non-hydrogen) atoms. The average Bonchev–Trinajstić information content (AvgIpc) is 3.44. The predicted octanol–water partition coefficient (Wildman–Crippen LogP) is 7.36. The Kier molecular flexibility index (Phi) is 5.44. The van der Waals surface area contributed by atoms with Gasteiger partial charge in [0.15, 0.2) is 0 Å². The van der Waals surface area contributed by atoms with Crippen molar-refractivity contribution in [3.63, 3.8) is 0 Å². The SMILES string of the molecule is COc1cccc(-c2[nH]c3ccccc3c2[C@H]2C3=C(CCCC3)C(=O)N2[C@@H](C)c2ccccc2)c1. The van der Waals surface area contributed by atoms with Crippen molar-refractivity contribution in [3.05, 3.63) is 101 Å². The molecule has 0 unspecified atom stereocenters. The zero-order chi connectivity index (χ0) is 23.9. The highest BCUT2D eigenvalue weighted by atomic mass is 16.5. The van der Waals surface area contributed by atoms with Crippen LogP contribution in [0.25, 0.3) is 22.2 Å². The summed E-state index contributed by atoms with van der Waals surface area (Å²) in [5, 5.41) is 1.17. The molecule has 2 aliphatic rings. The quantitative estimate of drug-likeness (QED) is 0.337. The van der Waals surface area contributed by atoms with Crippen LogP contribution in [0.15, 0.2) is 90.0 Å². The highest BCUT2D eigenvalue weighted by Crippen LogP contribution is 2.51. The van der Waals surface area contributed by atoms with Gasteiger partial charge in [0.05, 0.1) is 24.9 Å². The lowest BCUT2D eigenvalue weighted by Crippen LogP contribution is -2.33. The van der Waals surface area contributed by atoms with E-state index in [1.165, 1.54) is 16.5 Å². The molecule has 0 spiro atoms. The summed E-state index contributed by atoms with van der Waals surface area (Å²) in [4.78, 5) is 19.8. The number of aromatic nitrogens is 1. The standard InChI is InChI=1S/C31H30N2O2/c1-20(21-11-4-3-5-12-21)33-30(24-15-6-7-16-25(24)31(33)34)28-26-17-8-9-18-27(26)32-29(28)22-13-10-14-23(19-22)35-2/h3-5,8-14,17-20,30,32H,6-7,15-16H2,1-2H3/t20-,30+/m0/s1. The zero-order valence-corrected chi connectivity index (χ0v) is 20.3. The maximum Gasteiger partial charge on any atom is 0.251 e. The molecule has 176 valence electrons. The highest BCUT2D eigenvalue weighted by molar-refractivity contribution is 6.01. The van der Waals surface area contributed by atoms with E-state index < -0.39 is 0 Å². The van der Waals surface area contributed by atoms with E-state index in [-0.39, 0.29) is 18.0 Å². The molecule has 0 bridgehead atoms. The van der Waals surface area contributed by atoms with E-state index in [1.54, 1.807) is 7.11 Å². The smallest absolute Gasteiger partial charge is 0.251 e. The lowest BCUT2D eigenvalue weighted by molar-refractivity contribution is -0.129. The molecule has 0 saturated heterocycles. The van der Waals surface area contributed by atoms with Crippen LogP contribution in [-0.4, -0.2) is 22.9 Å². The van der Waals surface area contributed by atoms with Crippen LogP contribution < -0.4 is 4.74 Å². The summed E-state index contributed by atoms with van der Waals surface area (Å²) in [6.07, 6.45) is 4.06. The molecule has 1 amide bonds. The second-order valence-electron chi connectivity index (χ2n) is 9.60. The molecule has 2 atom stereocenters. The third-order valence-corrected chi connectivity index (χ3v) is 7.69. The number of benzene rings is 3. The number of methoxy groups -OCH3 is 1. The number of nitrogens with zero attached hydrogens (tertiary/aromatic N) is 1. The molecule has 4 aromatic rings. The number of H-pyrrole nitrogens is 1. The zero-order valence-electron chi connectivity index (χ0n) is 20.3. The second kappa shape index (κ2) is 8.77. The molecule has 1 aliphatic carbocycles. The van der Waals surface area contributed by atoms with Gasteiger partial charge >= 0.3 is 0 Å². The highest BCUT2D eigenvalue weighted by Gasteiger charge is 2.44. The van der Waals surface area contributed by atoms with Crippen molar-refractivity contribution in [3.8, 4) is 17.0 Å². The number of hydrogen-bond donors (Lipinski definition) is 1. The molecule has 3 aromatic carbocycles. The van der Waals surface area contributed by atoms with Crippen LogP contribution in [0.4, 0.5) is 0 Å². The van der Waals surface area contributed by atoms with Crippen LogP contribution in [0.5, 0.6) is 5.75 Å². The first-order chi connectivity index (χ1) is 17.2. The summed E-state index contributed by atoms with van der Waals surface area (Å²) in [5.41, 5.74) is 7.91. The number of aromatic amines is 1. The van der Waals surface area contributed by atoms with Crippen LogP contribution in [0, 0.1) is 0 Å². The molecule has 0 saturated carbocycles. The maximum absolute atomic E-state index is 14.0. The number of fused-ring (bicyclic) bond motifs is 1. The average molecular weight is 463 g/mol. The van der Waals surface area contributed by atoms with Crippen molar-refractivity contribution in [2.75, 3.05) is 7.11 Å². The van der Waals surface area contributed by atoms with Crippen LogP contribution >= 0.6 is 0 Å². The number of nitrogens with one attached hydrogen (secondary N) is 1. The number of rotatable bonds is 5. The van der Waals surface area contributed by atoms with E-state index >= 15 is 0 Å². The van der Waals surface area contributed by atoms with Gasteiger partial charge in [-0.15, -0.1) is 0 Å². The molecule has 1 aromatic heterocycles. The Hall–Kier alpha value is -3.79. The van der Waals surface area contributed by atoms with Gasteiger partial charge in [-0.05, 0) is 61.9 Å². The Morgan fingerprint density at radius 1 is 0.943 bits per heavy atom. The minimum absolute atomic E-state index is 0.0360. The summed E-state index contributed by atoms with van der Waals surface area (Å²) in [6, 6.07) is 26.9. The fraction of sp³-hybridized carbons (Fsp3) is 0.258. The summed E-state index contributed by atoms with van der Waals surface area (Å²) in [7, 11) is 1.70. The monoisotopic (exact) mass is 462 g/mol. The second-order valence-corrected chi connectivity index (χ2v) is 9.60. The number of carbonyl (C=O) groups excluding carboxylic acids is 1. The van der Waals surface area contributed by atoms with Gasteiger partial charge in [-0.2, -0.15) is 0 Å².